The van der Waals surface area contributed by atoms with Gasteiger partial charge in [0.25, 0.3) is 0 Å². The molecule has 6 nitrogen and oxygen atoms in total. The normalized spacial score (nSPS) is 10.2. The molecule has 0 fully saturated rings. The Hall–Kier alpha value is -2.21. The van der Waals surface area contributed by atoms with Gasteiger partial charge in [0, 0.05) is 25.8 Å². The van der Waals surface area contributed by atoms with E-state index in [1.807, 2.05) is 25.1 Å². The van der Waals surface area contributed by atoms with Crippen molar-refractivity contribution in [1.82, 2.24) is 9.97 Å². The minimum Gasteiger partial charge on any atom is -0.467 e. The largest absolute Gasteiger partial charge is 0.467 e. The highest BCUT2D eigenvalue weighted by Crippen LogP contribution is 2.33. The molecule has 1 aromatic heterocycles. The zero-order valence-corrected chi connectivity index (χ0v) is 12.2. The van der Waals surface area contributed by atoms with Crippen molar-refractivity contribution < 1.29 is 9.47 Å². The molecule has 0 bridgehead atoms. The van der Waals surface area contributed by atoms with Crippen molar-refractivity contribution >= 4 is 23.0 Å². The van der Waals surface area contributed by atoms with Crippen molar-refractivity contribution in [3.05, 3.63) is 29.4 Å². The monoisotopic (exact) mass is 294 g/mol. The number of aromatic nitrogens is 2. The van der Waals surface area contributed by atoms with Gasteiger partial charge in [0.1, 0.15) is 5.02 Å². The van der Waals surface area contributed by atoms with E-state index in [0.717, 1.165) is 5.69 Å². The highest BCUT2D eigenvalue weighted by Gasteiger charge is 2.11. The Morgan fingerprint density at radius 3 is 2.70 bits per heavy atom. The van der Waals surface area contributed by atoms with Gasteiger partial charge in [-0.25, -0.2) is 4.98 Å². The van der Waals surface area contributed by atoms with Gasteiger partial charge in [0.15, 0.2) is 5.75 Å². The van der Waals surface area contributed by atoms with Crippen molar-refractivity contribution in [3.8, 4) is 17.6 Å². The maximum absolute atomic E-state index is 6.00. The van der Waals surface area contributed by atoms with Crippen LogP contribution in [0, 0.1) is 0 Å². The third-order valence-corrected chi connectivity index (χ3v) is 2.85. The number of methoxy groups -OCH3 is 1. The summed E-state index contributed by atoms with van der Waals surface area (Å²) in [7, 11) is 5.32. The minimum atomic E-state index is 0.173. The lowest BCUT2D eigenvalue weighted by Crippen LogP contribution is -2.09. The molecule has 7 heteroatoms. The standard InChI is InChI=1S/C13H15ClN4O2/c1-18(2)8-4-5-10(15)11(6-8)20-12-9(14)7-16-13(17-12)19-3/h4-7H,15H2,1-3H3. The second-order valence-electron chi connectivity index (χ2n) is 4.23. The molecule has 0 saturated heterocycles. The molecule has 0 radical (unpaired) electrons. The molecule has 2 rings (SSSR count). The second-order valence-corrected chi connectivity index (χ2v) is 4.64. The quantitative estimate of drug-likeness (QED) is 0.874. The Morgan fingerprint density at radius 1 is 1.30 bits per heavy atom. The first-order valence-electron chi connectivity index (χ1n) is 5.82. The van der Waals surface area contributed by atoms with E-state index in [1.54, 1.807) is 12.1 Å². The Labute approximate surface area is 122 Å². The summed E-state index contributed by atoms with van der Waals surface area (Å²) in [5.74, 6) is 0.667. The number of nitrogens with two attached hydrogens (primary N) is 1. The highest BCUT2D eigenvalue weighted by molar-refractivity contribution is 6.31. The van der Waals surface area contributed by atoms with E-state index in [1.165, 1.54) is 13.3 Å². The van der Waals surface area contributed by atoms with E-state index >= 15 is 0 Å². The van der Waals surface area contributed by atoms with E-state index in [-0.39, 0.29) is 16.9 Å². The van der Waals surface area contributed by atoms with Crippen LogP contribution in [-0.4, -0.2) is 31.2 Å². The first kappa shape index (κ1) is 14.2. The SMILES string of the molecule is COc1ncc(Cl)c(Oc2cc(N(C)C)ccc2N)n1. The molecule has 2 aromatic rings. The van der Waals surface area contributed by atoms with Crippen LogP contribution in [0.2, 0.25) is 5.02 Å². The molecule has 0 atom stereocenters. The van der Waals surface area contributed by atoms with Gasteiger partial charge in [-0.1, -0.05) is 11.6 Å². The number of nitrogens with zero attached hydrogens (tertiary/aromatic N) is 3. The van der Waals surface area contributed by atoms with Crippen LogP contribution in [0.1, 0.15) is 0 Å². The number of rotatable bonds is 4. The molecule has 2 N–H and O–H groups in total. The minimum absolute atomic E-state index is 0.173. The lowest BCUT2D eigenvalue weighted by atomic mass is 10.2. The predicted molar refractivity (Wildman–Crippen MR) is 78.8 cm³/mol. The zero-order valence-electron chi connectivity index (χ0n) is 11.4. The van der Waals surface area contributed by atoms with Crippen molar-refractivity contribution in [2.24, 2.45) is 0 Å². The second kappa shape index (κ2) is 5.83. The fourth-order valence-electron chi connectivity index (χ4n) is 1.50. The summed E-state index contributed by atoms with van der Waals surface area (Å²) in [6.07, 6.45) is 1.41. The number of anilines is 2. The molecule has 0 spiro atoms. The topological polar surface area (TPSA) is 73.5 Å². The molecule has 0 saturated carbocycles. The molecule has 0 amide bonds. The molecular formula is C13H15ClN4O2. The lowest BCUT2D eigenvalue weighted by molar-refractivity contribution is 0.366. The third kappa shape index (κ3) is 3.03. The van der Waals surface area contributed by atoms with E-state index in [4.69, 9.17) is 26.8 Å². The average molecular weight is 295 g/mol. The van der Waals surface area contributed by atoms with Crippen LogP contribution < -0.4 is 20.1 Å². The van der Waals surface area contributed by atoms with Crippen LogP contribution in [0.3, 0.4) is 0 Å². The van der Waals surface area contributed by atoms with Gasteiger partial charge in [0.2, 0.25) is 5.88 Å². The molecule has 1 heterocycles. The third-order valence-electron chi connectivity index (χ3n) is 2.59. The summed E-state index contributed by atoms with van der Waals surface area (Å²) in [4.78, 5) is 9.87. The maximum Gasteiger partial charge on any atom is 0.319 e. The first-order chi connectivity index (χ1) is 9.51. The summed E-state index contributed by atoms with van der Waals surface area (Å²) in [5.41, 5.74) is 7.34. The van der Waals surface area contributed by atoms with Crippen molar-refractivity contribution in [1.29, 1.82) is 0 Å². The molecule has 0 unspecified atom stereocenters. The predicted octanol–water partition coefficient (Wildman–Crippen LogP) is 2.58. The molecule has 0 aliphatic rings. The van der Waals surface area contributed by atoms with Crippen molar-refractivity contribution in [2.75, 3.05) is 31.8 Å². The van der Waals surface area contributed by atoms with Gasteiger partial charge in [-0.3, -0.25) is 0 Å². The molecular weight excluding hydrogens is 280 g/mol. The lowest BCUT2D eigenvalue weighted by Gasteiger charge is -2.15. The number of hydrogen-bond acceptors (Lipinski definition) is 6. The smallest absolute Gasteiger partial charge is 0.319 e. The molecule has 0 aliphatic carbocycles. The Kier molecular flexibility index (Phi) is 4.14. The average Bonchev–Trinajstić information content (AvgIpc) is 2.43. The van der Waals surface area contributed by atoms with Gasteiger partial charge >= 0.3 is 6.01 Å². The first-order valence-corrected chi connectivity index (χ1v) is 6.20. The van der Waals surface area contributed by atoms with Gasteiger partial charge in [-0.05, 0) is 12.1 Å². The van der Waals surface area contributed by atoms with Gasteiger partial charge < -0.3 is 20.1 Å². The molecule has 20 heavy (non-hydrogen) atoms. The zero-order chi connectivity index (χ0) is 14.7. The van der Waals surface area contributed by atoms with Crippen LogP contribution in [0.15, 0.2) is 24.4 Å². The van der Waals surface area contributed by atoms with Crippen LogP contribution in [0.5, 0.6) is 17.6 Å². The summed E-state index contributed by atoms with van der Waals surface area (Å²) in [5, 5.41) is 0.278. The highest BCUT2D eigenvalue weighted by atomic mass is 35.5. The van der Waals surface area contributed by atoms with Gasteiger partial charge in [0.05, 0.1) is 19.0 Å². The van der Waals surface area contributed by atoms with E-state index in [2.05, 4.69) is 9.97 Å². The summed E-state index contributed by atoms with van der Waals surface area (Å²) in [6.45, 7) is 0. The van der Waals surface area contributed by atoms with Crippen molar-refractivity contribution in [3.63, 3.8) is 0 Å². The number of halogens is 1. The van der Waals surface area contributed by atoms with Crippen LogP contribution in [0.25, 0.3) is 0 Å². The van der Waals surface area contributed by atoms with Crippen LogP contribution in [0.4, 0.5) is 11.4 Å². The number of nitrogen functional groups attached to an aromatic ring is 1. The number of ether oxygens (including phenoxy) is 2. The molecule has 0 aliphatic heterocycles. The number of hydrogen-bond donors (Lipinski definition) is 1. The van der Waals surface area contributed by atoms with Crippen LogP contribution >= 0.6 is 11.6 Å². The molecule has 106 valence electrons. The maximum atomic E-state index is 6.00. The summed E-state index contributed by atoms with van der Waals surface area (Å²) in [6, 6.07) is 5.63. The number of benzene rings is 1. The Balaban J connectivity index is 2.36. The Morgan fingerprint density at radius 2 is 2.05 bits per heavy atom. The van der Waals surface area contributed by atoms with Gasteiger partial charge in [-0.2, -0.15) is 4.98 Å². The van der Waals surface area contributed by atoms with Gasteiger partial charge in [-0.15, -0.1) is 0 Å². The summed E-state index contributed by atoms with van der Waals surface area (Å²) >= 11 is 6.00. The van der Waals surface area contributed by atoms with E-state index < -0.39 is 0 Å². The Bertz CT molecular complexity index is 619. The fraction of sp³-hybridized carbons (Fsp3) is 0.231. The van der Waals surface area contributed by atoms with Crippen molar-refractivity contribution in [2.45, 2.75) is 0 Å². The summed E-state index contributed by atoms with van der Waals surface area (Å²) < 4.78 is 10.6. The fourth-order valence-corrected chi connectivity index (χ4v) is 1.63. The van der Waals surface area contributed by atoms with E-state index in [9.17, 15) is 0 Å². The van der Waals surface area contributed by atoms with Crippen LogP contribution in [-0.2, 0) is 0 Å². The molecule has 1 aromatic carbocycles. The van der Waals surface area contributed by atoms with E-state index in [0.29, 0.717) is 11.4 Å².